The number of nitrogens with zero attached hydrogens (tertiary/aromatic N) is 1. The van der Waals surface area contributed by atoms with Crippen molar-refractivity contribution in [3.8, 4) is 0 Å². The fourth-order valence-corrected chi connectivity index (χ4v) is 7.25. The molecule has 0 aromatic heterocycles. The zero-order valence-electron chi connectivity index (χ0n) is 22.1. The molecule has 0 radical (unpaired) electrons. The molecule has 0 unspecified atom stereocenters. The van der Waals surface area contributed by atoms with E-state index < -0.39 is 51.6 Å². The molecule has 7 nitrogen and oxygen atoms in total. The molecule has 0 bridgehead atoms. The summed E-state index contributed by atoms with van der Waals surface area (Å²) in [5.74, 6) is -0.830. The van der Waals surface area contributed by atoms with Crippen LogP contribution in [0.15, 0.2) is 24.3 Å². The van der Waals surface area contributed by atoms with Crippen LogP contribution in [-0.4, -0.2) is 75.5 Å². The lowest BCUT2D eigenvalue weighted by Gasteiger charge is -2.66. The Morgan fingerprint density at radius 3 is 2.43 bits per heavy atom. The summed E-state index contributed by atoms with van der Waals surface area (Å²) in [6, 6.07) is 0. The number of esters is 1. The number of ketones is 1. The molecule has 4 aliphatic rings. The van der Waals surface area contributed by atoms with Crippen molar-refractivity contribution >= 4 is 11.8 Å². The van der Waals surface area contributed by atoms with Gasteiger partial charge in [-0.2, -0.15) is 0 Å². The molecular weight excluding hydrogens is 446 g/mol. The predicted molar refractivity (Wildman–Crippen MR) is 133 cm³/mol. The fourth-order valence-electron chi connectivity index (χ4n) is 7.25. The van der Waals surface area contributed by atoms with Crippen LogP contribution in [0.1, 0.15) is 79.6 Å². The highest BCUT2D eigenvalue weighted by Crippen LogP contribution is 2.64. The van der Waals surface area contributed by atoms with Gasteiger partial charge in [0.1, 0.15) is 5.60 Å². The van der Waals surface area contributed by atoms with Crippen LogP contribution in [0, 0.1) is 10.8 Å². The van der Waals surface area contributed by atoms with Gasteiger partial charge >= 0.3 is 5.97 Å². The Balaban J connectivity index is 1.79. The van der Waals surface area contributed by atoms with Crippen molar-refractivity contribution in [2.75, 3.05) is 19.6 Å². The molecule has 35 heavy (non-hydrogen) atoms. The molecule has 196 valence electrons. The van der Waals surface area contributed by atoms with Crippen LogP contribution < -0.4 is 0 Å². The highest BCUT2D eigenvalue weighted by molar-refractivity contribution is 5.93. The Morgan fingerprint density at radius 1 is 1.20 bits per heavy atom. The Hall–Kier alpha value is -1.54. The van der Waals surface area contributed by atoms with Gasteiger partial charge < -0.3 is 19.7 Å². The lowest BCUT2D eigenvalue weighted by molar-refractivity contribution is -0.305. The van der Waals surface area contributed by atoms with Crippen LogP contribution in [0.25, 0.3) is 0 Å². The van der Waals surface area contributed by atoms with E-state index >= 15 is 0 Å². The predicted octanol–water partition coefficient (Wildman–Crippen LogP) is 3.33. The minimum absolute atomic E-state index is 0.0763. The molecule has 0 spiro atoms. The third-order valence-corrected chi connectivity index (χ3v) is 9.43. The molecule has 1 saturated carbocycles. The van der Waals surface area contributed by atoms with Gasteiger partial charge in [0.15, 0.2) is 17.5 Å². The lowest BCUT2D eigenvalue weighted by Crippen LogP contribution is -2.81. The molecule has 2 heterocycles. The molecule has 0 aromatic rings. The molecule has 6 atom stereocenters. The van der Waals surface area contributed by atoms with Crippen LogP contribution in [0.3, 0.4) is 0 Å². The monoisotopic (exact) mass is 489 g/mol. The molecule has 0 aromatic carbocycles. The summed E-state index contributed by atoms with van der Waals surface area (Å²) in [5.41, 5.74) is -5.67. The largest absolute Gasteiger partial charge is 0.454 e. The summed E-state index contributed by atoms with van der Waals surface area (Å²) >= 11 is 0. The Morgan fingerprint density at radius 2 is 1.83 bits per heavy atom. The van der Waals surface area contributed by atoms with E-state index in [-0.39, 0.29) is 13.0 Å². The van der Waals surface area contributed by atoms with Crippen molar-refractivity contribution in [1.29, 1.82) is 0 Å². The quantitative estimate of drug-likeness (QED) is 0.462. The molecule has 3 fully saturated rings. The number of fused-ring (bicyclic) bond motifs is 3. The highest BCUT2D eigenvalue weighted by Gasteiger charge is 2.76. The van der Waals surface area contributed by atoms with Gasteiger partial charge in [-0.25, -0.2) is 0 Å². The summed E-state index contributed by atoms with van der Waals surface area (Å²) < 4.78 is 12.6. The number of rotatable bonds is 4. The first-order chi connectivity index (χ1) is 16.2. The standard InChI is InChI=1S/C28H43NO6/c1-7-25(4)17-21(31)28(33)26(5)19(24(2,3)13-12-20(26)30)16-22(27(28,6)35-25)34-23(32)18-29-14-10-8-9-11-15-29/h7,16,20,22,30,33H,1,8-15,17-18H2,2-6H3/t20-,22-,25-,26+,27+,28-/m0/s1. The maximum absolute atomic E-state index is 13.9. The van der Waals surface area contributed by atoms with Gasteiger partial charge in [0.2, 0.25) is 0 Å². The molecule has 0 amide bonds. The van der Waals surface area contributed by atoms with Crippen molar-refractivity contribution in [2.45, 2.75) is 109 Å². The molecule has 4 rings (SSSR count). The van der Waals surface area contributed by atoms with Crippen LogP contribution in [0.5, 0.6) is 0 Å². The number of hydrogen-bond acceptors (Lipinski definition) is 7. The zero-order chi connectivity index (χ0) is 25.9. The first kappa shape index (κ1) is 26.5. The summed E-state index contributed by atoms with van der Waals surface area (Å²) in [6.45, 7) is 15.0. The Labute approximate surface area is 209 Å². The van der Waals surface area contributed by atoms with E-state index in [1.807, 2.05) is 19.9 Å². The topological polar surface area (TPSA) is 96.3 Å². The number of aliphatic hydroxyl groups excluding tert-OH is 1. The van der Waals surface area contributed by atoms with Crippen molar-refractivity contribution in [3.05, 3.63) is 24.3 Å². The average molecular weight is 490 g/mol. The summed E-state index contributed by atoms with van der Waals surface area (Å²) in [5, 5.41) is 23.7. The number of ether oxygens (including phenoxy) is 2. The van der Waals surface area contributed by atoms with Gasteiger partial charge in [-0.1, -0.05) is 38.3 Å². The minimum atomic E-state index is -2.09. The van der Waals surface area contributed by atoms with E-state index in [4.69, 9.17) is 9.47 Å². The summed E-state index contributed by atoms with van der Waals surface area (Å²) in [4.78, 5) is 29.2. The third-order valence-electron chi connectivity index (χ3n) is 9.43. The summed E-state index contributed by atoms with van der Waals surface area (Å²) in [7, 11) is 0. The van der Waals surface area contributed by atoms with E-state index in [2.05, 4.69) is 11.5 Å². The molecule has 7 heteroatoms. The molecule has 2 N–H and O–H groups in total. The van der Waals surface area contributed by atoms with Crippen molar-refractivity contribution in [1.82, 2.24) is 4.90 Å². The maximum atomic E-state index is 13.9. The Bertz CT molecular complexity index is 920. The average Bonchev–Trinajstić information content (AvgIpc) is 3.04. The van der Waals surface area contributed by atoms with Crippen molar-refractivity contribution in [2.24, 2.45) is 10.8 Å². The van der Waals surface area contributed by atoms with E-state index in [9.17, 15) is 19.8 Å². The van der Waals surface area contributed by atoms with Crippen molar-refractivity contribution in [3.63, 3.8) is 0 Å². The number of carbonyl (C=O) groups is 2. The smallest absolute Gasteiger partial charge is 0.320 e. The molecule has 2 aliphatic carbocycles. The van der Waals surface area contributed by atoms with Gasteiger partial charge in [0.25, 0.3) is 0 Å². The number of aliphatic hydroxyl groups is 2. The van der Waals surface area contributed by atoms with Crippen LogP contribution >= 0.6 is 0 Å². The van der Waals surface area contributed by atoms with Crippen LogP contribution in [-0.2, 0) is 19.1 Å². The van der Waals surface area contributed by atoms with Gasteiger partial charge in [0, 0.05) is 6.42 Å². The van der Waals surface area contributed by atoms with Gasteiger partial charge in [-0.05, 0) is 71.0 Å². The maximum Gasteiger partial charge on any atom is 0.320 e. The zero-order valence-corrected chi connectivity index (χ0v) is 22.1. The normalized spacial score (nSPS) is 43.9. The second-order valence-corrected chi connectivity index (χ2v) is 12.4. The molecular formula is C28H43NO6. The lowest BCUT2D eigenvalue weighted by atomic mass is 9.44. The number of carbonyl (C=O) groups excluding carboxylic acids is 2. The third kappa shape index (κ3) is 3.94. The van der Waals surface area contributed by atoms with Crippen LogP contribution in [0.2, 0.25) is 0 Å². The molecule has 2 aliphatic heterocycles. The van der Waals surface area contributed by atoms with Gasteiger partial charge in [0.05, 0.1) is 23.7 Å². The first-order valence-corrected chi connectivity index (χ1v) is 13.2. The first-order valence-electron chi connectivity index (χ1n) is 13.2. The van der Waals surface area contributed by atoms with E-state index in [1.54, 1.807) is 26.8 Å². The number of Topliss-reactive ketones (excluding diaryl/α,β-unsaturated/α-hetero) is 1. The minimum Gasteiger partial charge on any atom is -0.454 e. The van der Waals surface area contributed by atoms with E-state index in [1.165, 1.54) is 0 Å². The summed E-state index contributed by atoms with van der Waals surface area (Å²) in [6.07, 6.45) is 6.97. The molecule has 2 saturated heterocycles. The second-order valence-electron chi connectivity index (χ2n) is 12.4. The van der Waals surface area contributed by atoms with Gasteiger partial charge in [-0.3, -0.25) is 14.5 Å². The Kier molecular flexibility index (Phi) is 6.66. The fraction of sp³-hybridized carbons (Fsp3) is 0.786. The highest BCUT2D eigenvalue weighted by atomic mass is 16.6. The number of hydrogen-bond donors (Lipinski definition) is 2. The van der Waals surface area contributed by atoms with E-state index in [0.29, 0.717) is 12.8 Å². The SMILES string of the molecule is C=C[C@@]1(C)CC(=O)[C@@]2(O)[C@](C)(O1)[C@@H](OC(=O)CN1CCCCCC1)C=C1C(C)(C)CC[C@H](O)[C@@]12C. The van der Waals surface area contributed by atoms with Gasteiger partial charge in [-0.15, -0.1) is 6.58 Å². The van der Waals surface area contributed by atoms with E-state index in [0.717, 1.165) is 44.3 Å². The van der Waals surface area contributed by atoms with Crippen LogP contribution in [0.4, 0.5) is 0 Å². The second kappa shape index (κ2) is 8.79. The van der Waals surface area contributed by atoms with Crippen molar-refractivity contribution < 1.29 is 29.3 Å². The number of likely N-dealkylation sites (tertiary alicyclic amines) is 1.